The van der Waals surface area contributed by atoms with Crippen LogP contribution in [0.15, 0.2) is 24.3 Å². The quantitative estimate of drug-likeness (QED) is 0.0253. The van der Waals surface area contributed by atoms with E-state index in [1.165, 1.54) is 57.8 Å². The van der Waals surface area contributed by atoms with Crippen LogP contribution in [0, 0.1) is 0 Å². The molecule has 0 aromatic heterocycles. The summed E-state index contributed by atoms with van der Waals surface area (Å²) in [4.78, 5) is 45.5. The lowest BCUT2D eigenvalue weighted by Crippen LogP contribution is -2.34. The van der Waals surface area contributed by atoms with Gasteiger partial charge in [-0.25, -0.2) is 4.57 Å². The zero-order valence-corrected chi connectivity index (χ0v) is 30.7. The number of unbranched alkanes of at least 4 members (excludes halogenated alkanes) is 16. The lowest BCUT2D eigenvalue weighted by molar-refractivity contribution is -0.161. The molecule has 280 valence electrons. The lowest BCUT2D eigenvalue weighted by Gasteiger charge is -2.20. The summed E-state index contributed by atoms with van der Waals surface area (Å²) in [6.45, 7) is 2.69. The molecular weight excluding hydrogens is 637 g/mol. The first-order valence-electron chi connectivity index (χ1n) is 18.4. The molecule has 0 saturated heterocycles. The number of aliphatic carboxylic acids is 1. The van der Waals surface area contributed by atoms with Crippen LogP contribution >= 0.6 is 7.82 Å². The number of carboxylic acids is 1. The molecule has 0 aliphatic carbocycles. The fourth-order valence-electron chi connectivity index (χ4n) is 4.74. The summed E-state index contributed by atoms with van der Waals surface area (Å²) in [7, 11) is -4.70. The molecule has 48 heavy (non-hydrogen) atoms. The minimum Gasteiger partial charge on any atom is -0.480 e. The van der Waals surface area contributed by atoms with Crippen LogP contribution in [0.4, 0.5) is 0 Å². The maximum Gasteiger partial charge on any atom is 0.472 e. The molecular formula is C36H66NO10P. The molecule has 0 aliphatic rings. The Morgan fingerprint density at radius 3 is 1.67 bits per heavy atom. The number of carbonyl (C=O) groups excluding carboxylic acids is 2. The second kappa shape index (κ2) is 32.2. The van der Waals surface area contributed by atoms with Gasteiger partial charge in [0.15, 0.2) is 6.10 Å². The van der Waals surface area contributed by atoms with Gasteiger partial charge in [-0.15, -0.1) is 0 Å². The Kier molecular flexibility index (Phi) is 30.8. The van der Waals surface area contributed by atoms with Crippen LogP contribution in [-0.2, 0) is 37.5 Å². The SMILES string of the molecule is CCCCC/C=C/C/C=C/CCCCCCCCCC(=O)OC[C@@H](COP(=O)(O)OC[C@@H](N)C(=O)O)OC(=O)CCCCCCCCC. The number of phosphoric ester groups is 1. The van der Waals surface area contributed by atoms with E-state index in [2.05, 4.69) is 42.7 Å². The van der Waals surface area contributed by atoms with Gasteiger partial charge in [0.05, 0.1) is 13.2 Å². The first kappa shape index (κ1) is 46.0. The number of esters is 2. The highest BCUT2D eigenvalue weighted by molar-refractivity contribution is 7.47. The van der Waals surface area contributed by atoms with E-state index in [1.807, 2.05) is 0 Å². The smallest absolute Gasteiger partial charge is 0.472 e. The monoisotopic (exact) mass is 703 g/mol. The van der Waals surface area contributed by atoms with Gasteiger partial charge >= 0.3 is 25.7 Å². The fraction of sp³-hybridized carbons (Fsp3) is 0.806. The first-order valence-corrected chi connectivity index (χ1v) is 19.9. The van der Waals surface area contributed by atoms with Gasteiger partial charge in [0.2, 0.25) is 0 Å². The minimum absolute atomic E-state index is 0.159. The Labute approximate surface area is 290 Å². The van der Waals surface area contributed by atoms with Crippen LogP contribution in [-0.4, -0.2) is 59.9 Å². The van der Waals surface area contributed by atoms with Crippen molar-refractivity contribution in [3.63, 3.8) is 0 Å². The van der Waals surface area contributed by atoms with Crippen molar-refractivity contribution in [1.29, 1.82) is 0 Å². The largest absolute Gasteiger partial charge is 0.480 e. The molecule has 0 radical (unpaired) electrons. The number of hydrogen-bond donors (Lipinski definition) is 3. The van der Waals surface area contributed by atoms with Gasteiger partial charge in [0, 0.05) is 12.8 Å². The zero-order chi connectivity index (χ0) is 35.7. The number of allylic oxidation sites excluding steroid dienone is 4. The van der Waals surface area contributed by atoms with Gasteiger partial charge in [-0.05, 0) is 44.9 Å². The number of nitrogens with two attached hydrogens (primary N) is 1. The van der Waals surface area contributed by atoms with Crippen molar-refractivity contribution in [3.05, 3.63) is 24.3 Å². The van der Waals surface area contributed by atoms with Gasteiger partial charge < -0.3 is 25.2 Å². The molecule has 0 aromatic carbocycles. The molecule has 0 bridgehead atoms. The minimum atomic E-state index is -4.70. The van der Waals surface area contributed by atoms with Crippen LogP contribution < -0.4 is 5.73 Å². The van der Waals surface area contributed by atoms with Gasteiger partial charge in [-0.3, -0.25) is 23.4 Å². The highest BCUT2D eigenvalue weighted by atomic mass is 31.2. The molecule has 0 spiro atoms. The Balaban J connectivity index is 4.34. The van der Waals surface area contributed by atoms with Crippen LogP contribution in [0.3, 0.4) is 0 Å². The highest BCUT2D eigenvalue weighted by Gasteiger charge is 2.28. The molecule has 0 aromatic rings. The zero-order valence-electron chi connectivity index (χ0n) is 29.8. The lowest BCUT2D eigenvalue weighted by atomic mass is 10.1. The Morgan fingerprint density at radius 2 is 1.10 bits per heavy atom. The fourth-order valence-corrected chi connectivity index (χ4v) is 5.52. The molecule has 0 aliphatic heterocycles. The number of phosphoric acid groups is 1. The number of carbonyl (C=O) groups is 3. The highest BCUT2D eigenvalue weighted by Crippen LogP contribution is 2.43. The Morgan fingerprint density at radius 1 is 0.646 bits per heavy atom. The molecule has 0 saturated carbocycles. The summed E-state index contributed by atoms with van der Waals surface area (Å²) in [5, 5.41) is 8.83. The van der Waals surface area contributed by atoms with E-state index in [4.69, 9.17) is 24.8 Å². The molecule has 0 fully saturated rings. The second-order valence-corrected chi connectivity index (χ2v) is 13.8. The topological polar surface area (TPSA) is 172 Å². The molecule has 3 atom stereocenters. The van der Waals surface area contributed by atoms with Crippen LogP contribution in [0.25, 0.3) is 0 Å². The van der Waals surface area contributed by atoms with Crippen LogP contribution in [0.1, 0.15) is 155 Å². The van der Waals surface area contributed by atoms with E-state index in [-0.39, 0.29) is 19.4 Å². The average molecular weight is 704 g/mol. The number of ether oxygens (including phenoxy) is 2. The predicted octanol–water partition coefficient (Wildman–Crippen LogP) is 8.72. The standard InChI is InChI=1S/C36H66NO10P/c1-3-5-7-9-11-12-13-14-15-16-17-18-19-20-22-23-25-27-34(38)44-29-32(30-45-48(42,43)46-31-33(37)36(40)41)47-35(39)28-26-24-21-10-8-6-4-2/h11-12,14-15,32-33H,3-10,13,16-31,37H2,1-2H3,(H,40,41)(H,42,43)/b12-11+,15-14+/t32-,33+/m0/s1. The molecule has 0 amide bonds. The van der Waals surface area contributed by atoms with Crippen molar-refractivity contribution in [2.24, 2.45) is 5.73 Å². The third-order valence-electron chi connectivity index (χ3n) is 7.70. The van der Waals surface area contributed by atoms with Crippen molar-refractivity contribution >= 4 is 25.7 Å². The van der Waals surface area contributed by atoms with E-state index >= 15 is 0 Å². The molecule has 12 heteroatoms. The van der Waals surface area contributed by atoms with Gasteiger partial charge in [-0.1, -0.05) is 122 Å². The molecule has 11 nitrogen and oxygen atoms in total. The number of hydrogen-bond acceptors (Lipinski definition) is 9. The van der Waals surface area contributed by atoms with E-state index in [9.17, 15) is 23.8 Å². The van der Waals surface area contributed by atoms with E-state index in [0.717, 1.165) is 57.8 Å². The predicted molar refractivity (Wildman–Crippen MR) is 189 cm³/mol. The van der Waals surface area contributed by atoms with E-state index in [0.29, 0.717) is 12.8 Å². The normalized spacial score (nSPS) is 14.2. The first-order chi connectivity index (χ1) is 23.1. The third-order valence-corrected chi connectivity index (χ3v) is 8.65. The summed E-state index contributed by atoms with van der Waals surface area (Å²) in [5.74, 6) is -2.40. The molecule has 4 N–H and O–H groups in total. The molecule has 0 heterocycles. The van der Waals surface area contributed by atoms with Gasteiger partial charge in [0.25, 0.3) is 0 Å². The van der Waals surface area contributed by atoms with Gasteiger partial charge in [-0.2, -0.15) is 0 Å². The van der Waals surface area contributed by atoms with Crippen molar-refractivity contribution in [2.45, 2.75) is 167 Å². The summed E-state index contributed by atoms with van der Waals surface area (Å²) < 4.78 is 32.4. The average Bonchev–Trinajstić information content (AvgIpc) is 3.05. The van der Waals surface area contributed by atoms with Crippen LogP contribution in [0.2, 0.25) is 0 Å². The summed E-state index contributed by atoms with van der Waals surface area (Å²) in [6.07, 6.45) is 29.9. The third kappa shape index (κ3) is 31.2. The van der Waals surface area contributed by atoms with Crippen molar-refractivity contribution in [1.82, 2.24) is 0 Å². The Hall–Kier alpha value is -2.04. The van der Waals surface area contributed by atoms with E-state index < -0.39 is 51.1 Å². The summed E-state index contributed by atoms with van der Waals surface area (Å²) in [6, 6.07) is -1.52. The maximum atomic E-state index is 12.4. The second-order valence-electron chi connectivity index (χ2n) is 12.4. The van der Waals surface area contributed by atoms with Crippen LogP contribution in [0.5, 0.6) is 0 Å². The van der Waals surface area contributed by atoms with Crippen molar-refractivity contribution in [2.75, 3.05) is 19.8 Å². The van der Waals surface area contributed by atoms with Crippen molar-refractivity contribution < 1.29 is 47.5 Å². The van der Waals surface area contributed by atoms with Gasteiger partial charge in [0.1, 0.15) is 12.6 Å². The van der Waals surface area contributed by atoms with Crippen molar-refractivity contribution in [3.8, 4) is 0 Å². The van der Waals surface area contributed by atoms with E-state index in [1.54, 1.807) is 0 Å². The molecule has 1 unspecified atom stereocenters. The maximum absolute atomic E-state index is 12.4. The Bertz CT molecular complexity index is 926. The number of carboxylic acid groups (broad SMARTS) is 1. The number of rotatable bonds is 34. The summed E-state index contributed by atoms with van der Waals surface area (Å²) in [5.41, 5.74) is 5.30. The molecule has 0 rings (SSSR count). The summed E-state index contributed by atoms with van der Waals surface area (Å²) >= 11 is 0.